The number of carboxylic acid groups (broad SMARTS) is 1. The number of nitrogens with zero attached hydrogens (tertiary/aromatic N) is 1. The summed E-state index contributed by atoms with van der Waals surface area (Å²) >= 11 is 0. The Morgan fingerprint density at radius 3 is 2.52 bits per heavy atom. The molecule has 0 saturated carbocycles. The Kier molecular flexibility index (Phi) is 5.50. The van der Waals surface area contributed by atoms with Crippen LogP contribution < -0.4 is 5.32 Å². The molecule has 1 aliphatic heterocycles. The van der Waals surface area contributed by atoms with Gasteiger partial charge < -0.3 is 15.3 Å². The molecule has 2 amide bonds. The van der Waals surface area contributed by atoms with Gasteiger partial charge in [-0.05, 0) is 49.9 Å². The minimum atomic E-state index is -0.879. The molecule has 2 N–H and O–H groups in total. The van der Waals surface area contributed by atoms with Gasteiger partial charge in [-0.2, -0.15) is 0 Å². The summed E-state index contributed by atoms with van der Waals surface area (Å²) in [6.07, 6.45) is 0.901. The van der Waals surface area contributed by atoms with Crippen LogP contribution in [0.4, 0.5) is 5.69 Å². The third-order valence-corrected chi connectivity index (χ3v) is 4.62. The van der Waals surface area contributed by atoms with E-state index in [-0.39, 0.29) is 24.3 Å². The summed E-state index contributed by atoms with van der Waals surface area (Å²) in [5, 5.41) is 12.2. The number of carboxylic acids is 1. The molecule has 25 heavy (non-hydrogen) atoms. The van der Waals surface area contributed by atoms with Gasteiger partial charge >= 0.3 is 5.97 Å². The van der Waals surface area contributed by atoms with E-state index >= 15 is 0 Å². The number of aryl methyl sites for hydroxylation is 1. The molecule has 0 spiro atoms. The molecular formula is C19H26N2O4. The summed E-state index contributed by atoms with van der Waals surface area (Å²) in [7, 11) is 0. The lowest BCUT2D eigenvalue weighted by molar-refractivity contribution is -0.147. The Morgan fingerprint density at radius 1 is 1.32 bits per heavy atom. The zero-order valence-corrected chi connectivity index (χ0v) is 15.3. The van der Waals surface area contributed by atoms with Crippen LogP contribution in [-0.2, 0) is 9.59 Å². The Hall–Kier alpha value is -2.37. The number of likely N-dealkylation sites (tertiary alicyclic amines) is 1. The second kappa shape index (κ2) is 7.25. The van der Waals surface area contributed by atoms with Crippen molar-refractivity contribution in [3.63, 3.8) is 0 Å². The van der Waals surface area contributed by atoms with Gasteiger partial charge in [0.2, 0.25) is 5.91 Å². The molecule has 0 aliphatic carbocycles. The monoisotopic (exact) mass is 346 g/mol. The molecule has 0 aromatic heterocycles. The van der Waals surface area contributed by atoms with Gasteiger partial charge in [-0.15, -0.1) is 0 Å². The second-order valence-electron chi connectivity index (χ2n) is 7.52. The van der Waals surface area contributed by atoms with E-state index < -0.39 is 11.4 Å². The van der Waals surface area contributed by atoms with Crippen molar-refractivity contribution in [1.82, 2.24) is 4.90 Å². The fourth-order valence-electron chi connectivity index (χ4n) is 3.00. The van der Waals surface area contributed by atoms with E-state index in [1.165, 1.54) is 0 Å². The summed E-state index contributed by atoms with van der Waals surface area (Å²) in [4.78, 5) is 37.4. The maximum absolute atomic E-state index is 12.6. The molecule has 6 nitrogen and oxygen atoms in total. The smallest absolute Gasteiger partial charge is 0.311 e. The molecule has 0 unspecified atom stereocenters. The number of carbonyl (C=O) groups excluding carboxylic acids is 2. The Bertz CT molecular complexity index is 699. The molecule has 1 aromatic carbocycles. The molecule has 1 atom stereocenters. The van der Waals surface area contributed by atoms with E-state index in [9.17, 15) is 19.5 Å². The van der Waals surface area contributed by atoms with Crippen LogP contribution in [0.1, 0.15) is 49.5 Å². The third-order valence-electron chi connectivity index (χ3n) is 4.62. The van der Waals surface area contributed by atoms with Crippen LogP contribution in [0.5, 0.6) is 0 Å². The summed E-state index contributed by atoms with van der Waals surface area (Å²) in [6.45, 7) is 8.12. The van der Waals surface area contributed by atoms with Crippen LogP contribution >= 0.6 is 0 Å². The largest absolute Gasteiger partial charge is 0.481 e. The quantitative estimate of drug-likeness (QED) is 0.858. The van der Waals surface area contributed by atoms with E-state index in [4.69, 9.17) is 0 Å². The summed E-state index contributed by atoms with van der Waals surface area (Å²) in [6, 6.07) is 5.15. The van der Waals surface area contributed by atoms with Crippen LogP contribution in [0.3, 0.4) is 0 Å². The number of carbonyl (C=O) groups is 3. The summed E-state index contributed by atoms with van der Waals surface area (Å²) < 4.78 is 0. The molecule has 1 heterocycles. The van der Waals surface area contributed by atoms with Crippen molar-refractivity contribution in [2.45, 2.75) is 40.5 Å². The topological polar surface area (TPSA) is 86.7 Å². The van der Waals surface area contributed by atoms with Crippen LogP contribution in [0, 0.1) is 18.3 Å². The van der Waals surface area contributed by atoms with Crippen molar-refractivity contribution < 1.29 is 19.5 Å². The molecule has 1 fully saturated rings. The van der Waals surface area contributed by atoms with Gasteiger partial charge in [0.15, 0.2) is 0 Å². The van der Waals surface area contributed by atoms with Crippen molar-refractivity contribution in [3.05, 3.63) is 29.3 Å². The summed E-state index contributed by atoms with van der Waals surface area (Å²) in [5.41, 5.74) is 1.13. The number of amides is 2. The van der Waals surface area contributed by atoms with E-state index in [0.717, 1.165) is 5.56 Å². The molecule has 136 valence electrons. The van der Waals surface area contributed by atoms with Crippen molar-refractivity contribution in [3.8, 4) is 0 Å². The van der Waals surface area contributed by atoms with Gasteiger partial charge in [0.25, 0.3) is 5.91 Å². The normalized spacial score (nSPS) is 20.0. The average Bonchev–Trinajstić information content (AvgIpc) is 2.92. The van der Waals surface area contributed by atoms with E-state index in [1.54, 1.807) is 30.0 Å². The third kappa shape index (κ3) is 4.38. The fourth-order valence-corrected chi connectivity index (χ4v) is 3.00. The highest BCUT2D eigenvalue weighted by atomic mass is 16.4. The molecule has 1 aromatic rings. The number of benzene rings is 1. The van der Waals surface area contributed by atoms with Crippen molar-refractivity contribution >= 4 is 23.5 Å². The predicted molar refractivity (Wildman–Crippen MR) is 95.5 cm³/mol. The molecule has 0 radical (unpaired) electrons. The van der Waals surface area contributed by atoms with Gasteiger partial charge in [-0.1, -0.05) is 13.8 Å². The maximum atomic E-state index is 12.6. The van der Waals surface area contributed by atoms with E-state index in [1.807, 2.05) is 20.8 Å². The highest BCUT2D eigenvalue weighted by Crippen LogP contribution is 2.31. The molecule has 1 aliphatic rings. The van der Waals surface area contributed by atoms with Crippen molar-refractivity contribution in [1.29, 1.82) is 0 Å². The molecule has 0 bridgehead atoms. The van der Waals surface area contributed by atoms with Gasteiger partial charge in [0.1, 0.15) is 0 Å². The zero-order valence-electron chi connectivity index (χ0n) is 15.3. The van der Waals surface area contributed by atoms with Crippen LogP contribution in [0.25, 0.3) is 0 Å². The Morgan fingerprint density at radius 2 is 2.00 bits per heavy atom. The number of nitrogens with one attached hydrogen (secondary N) is 1. The first-order chi connectivity index (χ1) is 11.6. The SMILES string of the molecule is Cc1cc(C(=O)N2CC[C@@](C)(C(=O)O)C2)ccc1NC(=O)CC(C)C. The van der Waals surface area contributed by atoms with E-state index in [2.05, 4.69) is 5.32 Å². The molecule has 6 heteroatoms. The highest BCUT2D eigenvalue weighted by Gasteiger charge is 2.42. The molecule has 1 saturated heterocycles. The number of hydrogen-bond acceptors (Lipinski definition) is 3. The number of anilines is 1. The van der Waals surface area contributed by atoms with Gasteiger partial charge in [-0.25, -0.2) is 0 Å². The average molecular weight is 346 g/mol. The van der Waals surface area contributed by atoms with Crippen molar-refractivity contribution in [2.75, 3.05) is 18.4 Å². The first kappa shape index (κ1) is 19.0. The predicted octanol–water partition coefficient (Wildman–Crippen LogP) is 2.92. The molecular weight excluding hydrogens is 320 g/mol. The second-order valence-corrected chi connectivity index (χ2v) is 7.52. The van der Waals surface area contributed by atoms with Crippen LogP contribution in [-0.4, -0.2) is 40.9 Å². The Balaban J connectivity index is 2.09. The molecule has 2 rings (SSSR count). The van der Waals surface area contributed by atoms with Gasteiger partial charge in [0, 0.05) is 30.8 Å². The Labute approximate surface area is 148 Å². The van der Waals surface area contributed by atoms with Crippen LogP contribution in [0.2, 0.25) is 0 Å². The van der Waals surface area contributed by atoms with Gasteiger partial charge in [-0.3, -0.25) is 14.4 Å². The fraction of sp³-hybridized carbons (Fsp3) is 0.526. The first-order valence-corrected chi connectivity index (χ1v) is 8.55. The number of rotatable bonds is 5. The lowest BCUT2D eigenvalue weighted by Crippen LogP contribution is -2.34. The lowest BCUT2D eigenvalue weighted by Gasteiger charge is -2.20. The highest BCUT2D eigenvalue weighted by molar-refractivity contribution is 5.97. The van der Waals surface area contributed by atoms with Crippen molar-refractivity contribution in [2.24, 2.45) is 11.3 Å². The van der Waals surface area contributed by atoms with Gasteiger partial charge in [0.05, 0.1) is 5.41 Å². The first-order valence-electron chi connectivity index (χ1n) is 8.55. The lowest BCUT2D eigenvalue weighted by atomic mass is 9.90. The number of hydrogen-bond donors (Lipinski definition) is 2. The summed E-state index contributed by atoms with van der Waals surface area (Å²) in [5.74, 6) is -0.816. The van der Waals surface area contributed by atoms with E-state index in [0.29, 0.717) is 30.6 Å². The standard InChI is InChI=1S/C19H26N2O4/c1-12(2)9-16(22)20-15-6-5-14(10-13(15)3)17(23)21-8-7-19(4,11-21)18(24)25/h5-6,10,12H,7-9,11H2,1-4H3,(H,20,22)(H,24,25)/t19-/m1/s1. The minimum Gasteiger partial charge on any atom is -0.481 e. The number of aliphatic carboxylic acids is 1. The van der Waals surface area contributed by atoms with Crippen LogP contribution in [0.15, 0.2) is 18.2 Å². The maximum Gasteiger partial charge on any atom is 0.311 e. The minimum absolute atomic E-state index is 0.0473. The zero-order chi connectivity index (χ0) is 18.8.